The lowest BCUT2D eigenvalue weighted by atomic mass is 10.0. The van der Waals surface area contributed by atoms with Gasteiger partial charge in [0.05, 0.1) is 0 Å². The fraction of sp³-hybridized carbons (Fsp3) is 0.118. The fourth-order valence-corrected chi connectivity index (χ4v) is 2.37. The SMILES string of the molecule is CNC(=O)c1ccc2c(C(=O)Cc3ccccc3)c[nH]c2n1. The van der Waals surface area contributed by atoms with Crippen LogP contribution in [-0.4, -0.2) is 28.7 Å². The molecule has 2 aromatic heterocycles. The van der Waals surface area contributed by atoms with Gasteiger partial charge in [-0.2, -0.15) is 0 Å². The van der Waals surface area contributed by atoms with Crippen LogP contribution in [0.3, 0.4) is 0 Å². The van der Waals surface area contributed by atoms with E-state index in [0.717, 1.165) is 10.9 Å². The van der Waals surface area contributed by atoms with Crippen LogP contribution in [0.1, 0.15) is 26.4 Å². The smallest absolute Gasteiger partial charge is 0.269 e. The molecule has 0 spiro atoms. The van der Waals surface area contributed by atoms with Crippen molar-refractivity contribution in [2.45, 2.75) is 6.42 Å². The highest BCUT2D eigenvalue weighted by Gasteiger charge is 2.15. The van der Waals surface area contributed by atoms with Crippen LogP contribution in [0, 0.1) is 0 Å². The molecule has 3 aromatic rings. The molecule has 0 aliphatic heterocycles. The maximum absolute atomic E-state index is 12.4. The summed E-state index contributed by atoms with van der Waals surface area (Å²) in [5.74, 6) is -0.236. The molecule has 0 saturated heterocycles. The summed E-state index contributed by atoms with van der Waals surface area (Å²) in [6.07, 6.45) is 1.99. The molecule has 0 fully saturated rings. The van der Waals surface area contributed by atoms with E-state index in [2.05, 4.69) is 15.3 Å². The minimum atomic E-state index is -0.256. The van der Waals surface area contributed by atoms with Gasteiger partial charge in [-0.3, -0.25) is 9.59 Å². The minimum Gasteiger partial charge on any atom is -0.354 e. The average Bonchev–Trinajstić information content (AvgIpc) is 2.98. The van der Waals surface area contributed by atoms with Crippen molar-refractivity contribution in [1.29, 1.82) is 0 Å². The standard InChI is InChI=1S/C17H15N3O2/c1-18-17(22)14-8-7-12-13(10-19-16(12)20-14)15(21)9-11-5-3-2-4-6-11/h2-8,10H,9H2,1H3,(H,18,22)(H,19,20). The van der Waals surface area contributed by atoms with Crippen LogP contribution in [0.25, 0.3) is 11.0 Å². The van der Waals surface area contributed by atoms with E-state index in [0.29, 0.717) is 23.3 Å². The first kappa shape index (κ1) is 14.0. The van der Waals surface area contributed by atoms with Crippen molar-refractivity contribution in [2.24, 2.45) is 0 Å². The number of rotatable bonds is 4. The molecule has 110 valence electrons. The normalized spacial score (nSPS) is 10.6. The molecule has 5 heteroatoms. The molecule has 2 N–H and O–H groups in total. The third-order valence-electron chi connectivity index (χ3n) is 3.51. The topological polar surface area (TPSA) is 74.8 Å². The third kappa shape index (κ3) is 2.61. The second-order valence-corrected chi connectivity index (χ2v) is 4.96. The lowest BCUT2D eigenvalue weighted by molar-refractivity contribution is 0.0957. The molecule has 0 saturated carbocycles. The maximum Gasteiger partial charge on any atom is 0.269 e. The first-order valence-electron chi connectivity index (χ1n) is 6.96. The summed E-state index contributed by atoms with van der Waals surface area (Å²) in [7, 11) is 1.55. The monoisotopic (exact) mass is 293 g/mol. The Kier molecular flexibility index (Phi) is 3.70. The van der Waals surface area contributed by atoms with E-state index in [-0.39, 0.29) is 11.7 Å². The number of fused-ring (bicyclic) bond motifs is 1. The van der Waals surface area contributed by atoms with Crippen molar-refractivity contribution in [3.8, 4) is 0 Å². The summed E-state index contributed by atoms with van der Waals surface area (Å²) in [5.41, 5.74) is 2.42. The zero-order valence-corrected chi connectivity index (χ0v) is 12.1. The Morgan fingerprint density at radius 3 is 2.64 bits per heavy atom. The lowest BCUT2D eigenvalue weighted by Crippen LogP contribution is -2.19. The van der Waals surface area contributed by atoms with Gasteiger partial charge in [-0.25, -0.2) is 4.98 Å². The van der Waals surface area contributed by atoms with Crippen molar-refractivity contribution >= 4 is 22.7 Å². The number of H-pyrrole nitrogens is 1. The molecule has 0 bridgehead atoms. The minimum absolute atomic E-state index is 0.0203. The highest BCUT2D eigenvalue weighted by atomic mass is 16.1. The Labute approximate surface area is 127 Å². The van der Waals surface area contributed by atoms with Gasteiger partial charge < -0.3 is 10.3 Å². The van der Waals surface area contributed by atoms with Gasteiger partial charge in [0.1, 0.15) is 11.3 Å². The van der Waals surface area contributed by atoms with Gasteiger partial charge >= 0.3 is 0 Å². The summed E-state index contributed by atoms with van der Waals surface area (Å²) >= 11 is 0. The van der Waals surface area contributed by atoms with E-state index in [1.54, 1.807) is 25.4 Å². The first-order valence-corrected chi connectivity index (χ1v) is 6.96. The van der Waals surface area contributed by atoms with Crippen molar-refractivity contribution in [1.82, 2.24) is 15.3 Å². The van der Waals surface area contributed by atoms with Crippen molar-refractivity contribution in [3.05, 3.63) is 65.5 Å². The molecule has 0 aliphatic rings. The number of ketones is 1. The number of aromatic amines is 1. The van der Waals surface area contributed by atoms with E-state index >= 15 is 0 Å². The van der Waals surface area contributed by atoms with Gasteiger partial charge in [0.25, 0.3) is 5.91 Å². The molecular weight excluding hydrogens is 278 g/mol. The Morgan fingerprint density at radius 1 is 1.14 bits per heavy atom. The van der Waals surface area contributed by atoms with Crippen molar-refractivity contribution in [2.75, 3.05) is 7.05 Å². The Bertz CT molecular complexity index is 837. The van der Waals surface area contributed by atoms with Crippen LogP contribution in [0.2, 0.25) is 0 Å². The molecule has 5 nitrogen and oxygen atoms in total. The number of hydrogen-bond acceptors (Lipinski definition) is 3. The Balaban J connectivity index is 1.91. The predicted octanol–water partition coefficient (Wildman–Crippen LogP) is 2.35. The van der Waals surface area contributed by atoms with E-state index in [1.807, 2.05) is 30.3 Å². The lowest BCUT2D eigenvalue weighted by Gasteiger charge is -2.01. The molecule has 1 aromatic carbocycles. The van der Waals surface area contributed by atoms with Gasteiger partial charge in [0.15, 0.2) is 5.78 Å². The van der Waals surface area contributed by atoms with Gasteiger partial charge in [-0.1, -0.05) is 30.3 Å². The molecule has 3 rings (SSSR count). The molecular formula is C17H15N3O2. The van der Waals surface area contributed by atoms with E-state index < -0.39 is 0 Å². The predicted molar refractivity (Wildman–Crippen MR) is 84.0 cm³/mol. The molecule has 0 unspecified atom stereocenters. The molecule has 2 heterocycles. The molecule has 0 aliphatic carbocycles. The van der Waals surface area contributed by atoms with E-state index in [4.69, 9.17) is 0 Å². The highest BCUT2D eigenvalue weighted by Crippen LogP contribution is 2.19. The van der Waals surface area contributed by atoms with Crippen LogP contribution < -0.4 is 5.32 Å². The number of benzene rings is 1. The molecule has 0 atom stereocenters. The number of nitrogens with one attached hydrogen (secondary N) is 2. The zero-order chi connectivity index (χ0) is 15.5. The van der Waals surface area contributed by atoms with Crippen molar-refractivity contribution < 1.29 is 9.59 Å². The van der Waals surface area contributed by atoms with Gasteiger partial charge in [-0.05, 0) is 17.7 Å². The molecule has 0 radical (unpaired) electrons. The van der Waals surface area contributed by atoms with Crippen LogP contribution in [-0.2, 0) is 6.42 Å². The van der Waals surface area contributed by atoms with Crippen LogP contribution >= 0.6 is 0 Å². The van der Waals surface area contributed by atoms with Gasteiger partial charge in [-0.15, -0.1) is 0 Å². The average molecular weight is 293 g/mol. The summed E-state index contributed by atoms with van der Waals surface area (Å²) < 4.78 is 0. The van der Waals surface area contributed by atoms with E-state index in [1.165, 1.54) is 0 Å². The number of amides is 1. The number of carbonyl (C=O) groups excluding carboxylic acids is 2. The van der Waals surface area contributed by atoms with Crippen molar-refractivity contribution in [3.63, 3.8) is 0 Å². The van der Waals surface area contributed by atoms with E-state index in [9.17, 15) is 9.59 Å². The number of Topliss-reactive ketones (excluding diaryl/α,β-unsaturated/α-hetero) is 1. The van der Waals surface area contributed by atoms with Gasteiger partial charge in [0.2, 0.25) is 0 Å². The van der Waals surface area contributed by atoms with Gasteiger partial charge in [0, 0.05) is 30.6 Å². The summed E-state index contributed by atoms with van der Waals surface area (Å²) in [6.45, 7) is 0. The summed E-state index contributed by atoms with van der Waals surface area (Å²) in [5, 5.41) is 3.26. The number of carbonyl (C=O) groups is 2. The first-order chi connectivity index (χ1) is 10.7. The maximum atomic E-state index is 12.4. The summed E-state index contributed by atoms with van der Waals surface area (Å²) in [4.78, 5) is 31.2. The number of pyridine rings is 1. The second-order valence-electron chi connectivity index (χ2n) is 4.96. The van der Waals surface area contributed by atoms with Crippen LogP contribution in [0.4, 0.5) is 0 Å². The summed E-state index contributed by atoms with van der Waals surface area (Å²) in [6, 6.07) is 13.0. The quantitative estimate of drug-likeness (QED) is 0.725. The molecule has 22 heavy (non-hydrogen) atoms. The fourth-order valence-electron chi connectivity index (χ4n) is 2.37. The second kappa shape index (κ2) is 5.81. The zero-order valence-electron chi connectivity index (χ0n) is 12.1. The number of aromatic nitrogens is 2. The Hall–Kier alpha value is -2.95. The largest absolute Gasteiger partial charge is 0.354 e. The third-order valence-corrected chi connectivity index (χ3v) is 3.51. The van der Waals surface area contributed by atoms with Crippen LogP contribution in [0.15, 0.2) is 48.7 Å². The highest BCUT2D eigenvalue weighted by molar-refractivity contribution is 6.08. The number of hydrogen-bond donors (Lipinski definition) is 2. The van der Waals surface area contributed by atoms with Crippen LogP contribution in [0.5, 0.6) is 0 Å². The Morgan fingerprint density at radius 2 is 1.91 bits per heavy atom. The molecule has 1 amide bonds. The number of nitrogens with zero attached hydrogens (tertiary/aromatic N) is 1.